The first-order chi connectivity index (χ1) is 5.41. The van der Waals surface area contributed by atoms with Gasteiger partial charge in [0.05, 0.1) is 0 Å². The summed E-state index contributed by atoms with van der Waals surface area (Å²) in [6, 6.07) is 0. The van der Waals surface area contributed by atoms with Crippen molar-refractivity contribution in [2.24, 2.45) is 5.92 Å². The second-order valence-corrected chi connectivity index (χ2v) is 4.54. The second kappa shape index (κ2) is 3.03. The Kier molecular flexibility index (Phi) is 2.39. The van der Waals surface area contributed by atoms with Crippen LogP contribution >= 0.6 is 0 Å². The van der Waals surface area contributed by atoms with Crippen LogP contribution < -0.4 is 0 Å². The second-order valence-electron chi connectivity index (χ2n) is 3.10. The van der Waals surface area contributed by atoms with E-state index in [4.69, 9.17) is 0 Å². The van der Waals surface area contributed by atoms with Crippen LogP contribution in [-0.4, -0.2) is 13.0 Å². The molecule has 1 unspecified atom stereocenters. The van der Waals surface area contributed by atoms with Crippen LogP contribution in [0.15, 0.2) is 22.6 Å². The molecule has 0 saturated heterocycles. The summed E-state index contributed by atoms with van der Waals surface area (Å²) in [5.74, 6) is 0.161. The van der Waals surface area contributed by atoms with E-state index < -0.39 is 10.1 Å². The molecule has 0 amide bonds. The maximum Gasteiger partial charge on any atom is 0.120 e. The van der Waals surface area contributed by atoms with Crippen LogP contribution in [0.4, 0.5) is 0 Å². The van der Waals surface area contributed by atoms with E-state index in [1.54, 1.807) is 6.08 Å². The molecule has 0 radical (unpaired) electrons. The van der Waals surface area contributed by atoms with E-state index in [9.17, 15) is 13.0 Å². The zero-order valence-corrected chi connectivity index (χ0v) is 7.89. The standard InChI is InChI=1S/C8H12O3S/c1-6-3-4-8(5-7(6)2)12(9,10)11/h3-4,7H,5H2,1-2H3,(H,9,10,11)/p-1. The van der Waals surface area contributed by atoms with E-state index in [0.29, 0.717) is 6.42 Å². The van der Waals surface area contributed by atoms with Crippen LogP contribution in [0.3, 0.4) is 0 Å². The lowest BCUT2D eigenvalue weighted by atomic mass is 9.95. The summed E-state index contributed by atoms with van der Waals surface area (Å²) in [6.07, 6.45) is 3.44. The fourth-order valence-corrected chi connectivity index (χ4v) is 1.79. The van der Waals surface area contributed by atoms with Gasteiger partial charge in [-0.15, -0.1) is 0 Å². The minimum atomic E-state index is -4.22. The van der Waals surface area contributed by atoms with Crippen molar-refractivity contribution in [2.75, 3.05) is 0 Å². The largest absolute Gasteiger partial charge is 0.744 e. The minimum Gasteiger partial charge on any atom is -0.744 e. The molecule has 1 aliphatic carbocycles. The molecule has 3 nitrogen and oxygen atoms in total. The Morgan fingerprint density at radius 1 is 1.50 bits per heavy atom. The summed E-state index contributed by atoms with van der Waals surface area (Å²) in [7, 11) is -4.22. The molecule has 0 saturated carbocycles. The molecule has 12 heavy (non-hydrogen) atoms. The Morgan fingerprint density at radius 2 is 2.08 bits per heavy atom. The highest BCUT2D eigenvalue weighted by molar-refractivity contribution is 7.89. The molecule has 0 aromatic carbocycles. The van der Waals surface area contributed by atoms with Crippen molar-refractivity contribution in [3.8, 4) is 0 Å². The third-order valence-electron chi connectivity index (χ3n) is 2.14. The van der Waals surface area contributed by atoms with E-state index in [-0.39, 0.29) is 10.8 Å². The fraction of sp³-hybridized carbons (Fsp3) is 0.500. The summed E-state index contributed by atoms with van der Waals surface area (Å²) in [5, 5.41) is 0. The van der Waals surface area contributed by atoms with E-state index in [0.717, 1.165) is 5.57 Å². The summed E-state index contributed by atoms with van der Waals surface area (Å²) >= 11 is 0. The predicted molar refractivity (Wildman–Crippen MR) is 45.3 cm³/mol. The van der Waals surface area contributed by atoms with Gasteiger partial charge in [-0.2, -0.15) is 0 Å². The quantitative estimate of drug-likeness (QED) is 0.583. The number of hydrogen-bond donors (Lipinski definition) is 0. The molecule has 0 aromatic heterocycles. The molecule has 0 aliphatic heterocycles. The Labute approximate surface area is 72.5 Å². The van der Waals surface area contributed by atoms with Crippen LogP contribution in [0.25, 0.3) is 0 Å². The van der Waals surface area contributed by atoms with Crippen molar-refractivity contribution in [1.82, 2.24) is 0 Å². The molecule has 1 rings (SSSR count). The summed E-state index contributed by atoms with van der Waals surface area (Å²) in [4.78, 5) is 0.000556. The van der Waals surface area contributed by atoms with Gasteiger partial charge in [0.2, 0.25) is 0 Å². The van der Waals surface area contributed by atoms with Gasteiger partial charge in [-0.25, -0.2) is 8.42 Å². The van der Waals surface area contributed by atoms with E-state index in [2.05, 4.69) is 0 Å². The molecular formula is C8H11O3S-. The smallest absolute Gasteiger partial charge is 0.120 e. The molecule has 0 heterocycles. The van der Waals surface area contributed by atoms with Gasteiger partial charge in [-0.05, 0) is 25.3 Å². The van der Waals surface area contributed by atoms with Gasteiger partial charge in [0.15, 0.2) is 0 Å². The van der Waals surface area contributed by atoms with Crippen molar-refractivity contribution < 1.29 is 13.0 Å². The third-order valence-corrected chi connectivity index (χ3v) is 3.08. The van der Waals surface area contributed by atoms with Gasteiger partial charge in [0, 0.05) is 4.91 Å². The summed E-state index contributed by atoms with van der Waals surface area (Å²) in [6.45, 7) is 3.83. The molecule has 1 atom stereocenters. The van der Waals surface area contributed by atoms with Crippen LogP contribution in [0, 0.1) is 5.92 Å². The highest BCUT2D eigenvalue weighted by Gasteiger charge is 2.15. The van der Waals surface area contributed by atoms with Crippen LogP contribution in [0.5, 0.6) is 0 Å². The van der Waals surface area contributed by atoms with Gasteiger partial charge in [-0.3, -0.25) is 0 Å². The maximum absolute atomic E-state index is 10.6. The third kappa shape index (κ3) is 1.95. The Bertz CT molecular complexity index is 335. The van der Waals surface area contributed by atoms with Crippen molar-refractivity contribution in [2.45, 2.75) is 20.3 Å². The fourth-order valence-electron chi connectivity index (χ4n) is 1.10. The first-order valence-corrected chi connectivity index (χ1v) is 5.15. The van der Waals surface area contributed by atoms with Gasteiger partial charge >= 0.3 is 0 Å². The molecule has 0 aromatic rings. The van der Waals surface area contributed by atoms with Crippen LogP contribution in [0.2, 0.25) is 0 Å². The zero-order valence-electron chi connectivity index (χ0n) is 7.07. The number of allylic oxidation sites excluding steroid dienone is 4. The molecule has 1 aliphatic rings. The summed E-state index contributed by atoms with van der Waals surface area (Å²) < 4.78 is 31.8. The van der Waals surface area contributed by atoms with Gasteiger partial charge in [0.25, 0.3) is 0 Å². The molecule has 68 valence electrons. The highest BCUT2D eigenvalue weighted by atomic mass is 32.2. The average molecular weight is 187 g/mol. The van der Waals surface area contributed by atoms with Gasteiger partial charge in [-0.1, -0.05) is 18.6 Å². The van der Waals surface area contributed by atoms with E-state index >= 15 is 0 Å². The lowest BCUT2D eigenvalue weighted by Crippen LogP contribution is -2.10. The van der Waals surface area contributed by atoms with Crippen molar-refractivity contribution in [3.05, 3.63) is 22.6 Å². The first-order valence-electron chi connectivity index (χ1n) is 3.74. The number of hydrogen-bond acceptors (Lipinski definition) is 3. The molecule has 0 N–H and O–H groups in total. The lowest BCUT2D eigenvalue weighted by Gasteiger charge is -2.20. The zero-order chi connectivity index (χ0) is 9.35. The van der Waals surface area contributed by atoms with Gasteiger partial charge < -0.3 is 4.55 Å². The van der Waals surface area contributed by atoms with Crippen LogP contribution in [0.1, 0.15) is 20.3 Å². The van der Waals surface area contributed by atoms with Gasteiger partial charge in [0.1, 0.15) is 10.1 Å². The maximum atomic E-state index is 10.6. The normalized spacial score (nSPS) is 24.8. The Hall–Kier alpha value is -0.610. The van der Waals surface area contributed by atoms with Crippen molar-refractivity contribution in [3.63, 3.8) is 0 Å². The molecule has 4 heteroatoms. The molecule has 0 spiro atoms. The Morgan fingerprint density at radius 3 is 2.50 bits per heavy atom. The molecular weight excluding hydrogens is 176 g/mol. The number of rotatable bonds is 1. The minimum absolute atomic E-state index is 0.000556. The average Bonchev–Trinajstić information content (AvgIpc) is 1.92. The molecule has 0 fully saturated rings. The van der Waals surface area contributed by atoms with E-state index in [1.165, 1.54) is 6.08 Å². The molecule has 0 bridgehead atoms. The SMILES string of the molecule is CC1=CC=C(S(=O)(=O)[O-])CC1C. The predicted octanol–water partition coefficient (Wildman–Crippen LogP) is 1.40. The Balaban J connectivity index is 3.00. The topological polar surface area (TPSA) is 57.2 Å². The first kappa shape index (κ1) is 9.48. The van der Waals surface area contributed by atoms with E-state index in [1.807, 2.05) is 13.8 Å². The lowest BCUT2D eigenvalue weighted by molar-refractivity contribution is 0.466. The highest BCUT2D eigenvalue weighted by Crippen LogP contribution is 2.26. The van der Waals surface area contributed by atoms with Crippen molar-refractivity contribution in [1.29, 1.82) is 0 Å². The summed E-state index contributed by atoms with van der Waals surface area (Å²) in [5.41, 5.74) is 1.11. The van der Waals surface area contributed by atoms with Crippen molar-refractivity contribution >= 4 is 10.1 Å². The monoisotopic (exact) mass is 187 g/mol. The van der Waals surface area contributed by atoms with Crippen LogP contribution in [-0.2, 0) is 10.1 Å².